The summed E-state index contributed by atoms with van der Waals surface area (Å²) < 4.78 is 10.6. The first kappa shape index (κ1) is 20.8. The third-order valence-corrected chi connectivity index (χ3v) is 5.42. The molecule has 0 aliphatic carbocycles. The van der Waals surface area contributed by atoms with Gasteiger partial charge in [0.1, 0.15) is 23.7 Å². The van der Waals surface area contributed by atoms with Gasteiger partial charge in [0.05, 0.1) is 17.2 Å². The highest BCUT2D eigenvalue weighted by atomic mass is 32.2. The second-order valence-corrected chi connectivity index (χ2v) is 7.55. The first-order valence-corrected chi connectivity index (χ1v) is 9.68. The molecule has 2 rings (SSSR count). The van der Waals surface area contributed by atoms with Crippen LogP contribution in [0.1, 0.15) is 45.4 Å². The summed E-state index contributed by atoms with van der Waals surface area (Å²) in [5.41, 5.74) is -0.603. The second-order valence-electron chi connectivity index (χ2n) is 6.58. The number of rotatable bonds is 8. The Bertz CT molecular complexity index is 852. The van der Waals surface area contributed by atoms with E-state index < -0.39 is 17.2 Å². The van der Waals surface area contributed by atoms with E-state index in [4.69, 9.17) is 15.6 Å². The van der Waals surface area contributed by atoms with E-state index in [1.165, 1.54) is 17.8 Å². The summed E-state index contributed by atoms with van der Waals surface area (Å²) in [6, 6.07) is 2.35. The van der Waals surface area contributed by atoms with Crippen LogP contribution in [0.4, 0.5) is 0 Å². The fraction of sp³-hybridized carbons (Fsp3) is 0.450. The summed E-state index contributed by atoms with van der Waals surface area (Å²) in [5, 5.41) is 3.76. The normalized spacial score (nSPS) is 19.7. The fourth-order valence-corrected chi connectivity index (χ4v) is 3.70. The minimum atomic E-state index is -0.886. The highest BCUT2D eigenvalue weighted by Crippen LogP contribution is 2.32. The van der Waals surface area contributed by atoms with Crippen molar-refractivity contribution in [3.8, 4) is 18.1 Å². The number of hydrogen-bond donors (Lipinski definition) is 1. The Morgan fingerprint density at radius 2 is 2.33 bits per heavy atom. The van der Waals surface area contributed by atoms with Crippen LogP contribution in [-0.4, -0.2) is 28.8 Å². The van der Waals surface area contributed by atoms with Crippen molar-refractivity contribution >= 4 is 22.7 Å². The van der Waals surface area contributed by atoms with Gasteiger partial charge in [-0.25, -0.2) is 4.79 Å². The van der Waals surface area contributed by atoms with Crippen LogP contribution in [0, 0.1) is 12.3 Å². The van der Waals surface area contributed by atoms with Crippen LogP contribution >= 0.6 is 11.8 Å². The molecule has 27 heavy (non-hydrogen) atoms. The van der Waals surface area contributed by atoms with Crippen LogP contribution < -0.4 is 15.7 Å². The van der Waals surface area contributed by atoms with Crippen LogP contribution in [0.25, 0.3) is 0 Å². The van der Waals surface area contributed by atoms with Crippen LogP contribution in [0.15, 0.2) is 38.5 Å². The predicted molar refractivity (Wildman–Crippen MR) is 108 cm³/mol. The minimum Gasteiger partial charge on any atom is -0.481 e. The van der Waals surface area contributed by atoms with E-state index in [1.807, 2.05) is 13.8 Å². The van der Waals surface area contributed by atoms with Gasteiger partial charge in [-0.15, -0.1) is 18.2 Å². The van der Waals surface area contributed by atoms with E-state index in [9.17, 15) is 9.59 Å². The number of nitrogens with zero attached hydrogens (tertiary/aromatic N) is 1. The molecule has 0 fully saturated rings. The van der Waals surface area contributed by atoms with Crippen LogP contribution in [0.2, 0.25) is 0 Å². The van der Waals surface area contributed by atoms with E-state index in [0.29, 0.717) is 23.7 Å². The van der Waals surface area contributed by atoms with E-state index >= 15 is 0 Å². The summed E-state index contributed by atoms with van der Waals surface area (Å²) in [5.74, 6) is 3.32. The Morgan fingerprint density at radius 1 is 1.59 bits per heavy atom. The number of nitrogens with one attached hydrogen (secondary N) is 1. The second kappa shape index (κ2) is 8.96. The lowest BCUT2D eigenvalue weighted by atomic mass is 10.0. The van der Waals surface area contributed by atoms with E-state index in [-0.39, 0.29) is 12.5 Å². The van der Waals surface area contributed by atoms with Crippen molar-refractivity contribution in [1.82, 2.24) is 5.32 Å². The van der Waals surface area contributed by atoms with Crippen molar-refractivity contribution < 1.29 is 13.9 Å². The molecule has 1 amide bonds. The molecule has 1 N–H and O–H groups in total. The Labute approximate surface area is 163 Å². The summed E-state index contributed by atoms with van der Waals surface area (Å²) in [6.45, 7) is 9.57. The molecule has 2 heterocycles. The molecule has 1 aliphatic heterocycles. The largest absolute Gasteiger partial charge is 0.481 e. The van der Waals surface area contributed by atoms with Gasteiger partial charge in [0, 0.05) is 11.8 Å². The average Bonchev–Trinajstić information content (AvgIpc) is 3.03. The van der Waals surface area contributed by atoms with Crippen molar-refractivity contribution in [3.05, 3.63) is 40.5 Å². The molecular weight excluding hydrogens is 364 g/mol. The smallest absolute Gasteiger partial charge is 0.339 e. The molecule has 144 valence electrons. The molecule has 0 radical (unpaired) electrons. The summed E-state index contributed by atoms with van der Waals surface area (Å²) >= 11 is 1.51. The number of aliphatic imine (C=N–C) groups is 1. The maximum atomic E-state index is 12.9. The molecule has 7 heteroatoms. The van der Waals surface area contributed by atoms with E-state index in [2.05, 4.69) is 22.8 Å². The maximum absolute atomic E-state index is 12.9. The standard InChI is InChI=1S/C20H24N2O4S/c1-6-8-15(16-10-14(25-9-7-2)11-17(23)26-16)21-19(24)20(5)12-27-18(22-20)13(3)4/h2,10-11,15H,3,6,8-9,12H2,1,4-5H3,(H,21,24)/t15-,20?/m1/s1. The number of carbonyl (C=O) groups excluding carboxylic acids is 1. The van der Waals surface area contributed by atoms with Gasteiger partial charge >= 0.3 is 5.63 Å². The lowest BCUT2D eigenvalue weighted by Crippen LogP contribution is -2.45. The number of thioether (sulfide) groups is 1. The van der Waals surface area contributed by atoms with Crippen LogP contribution in [-0.2, 0) is 4.79 Å². The SMILES string of the molecule is C#CCOc1cc([C@@H](CCC)NC(=O)C2(C)CSC(C(=C)C)=N2)oc(=O)c1. The van der Waals surface area contributed by atoms with Gasteiger partial charge in [-0.2, -0.15) is 0 Å². The molecule has 0 saturated heterocycles. The molecule has 0 bridgehead atoms. The van der Waals surface area contributed by atoms with E-state index in [0.717, 1.165) is 17.0 Å². The van der Waals surface area contributed by atoms with Crippen molar-refractivity contribution in [2.75, 3.05) is 12.4 Å². The van der Waals surface area contributed by atoms with Gasteiger partial charge in [0.15, 0.2) is 0 Å². The molecule has 0 aromatic carbocycles. The molecule has 1 aromatic rings. The Hall–Kier alpha value is -2.46. The zero-order valence-corrected chi connectivity index (χ0v) is 16.6. The zero-order valence-electron chi connectivity index (χ0n) is 15.8. The van der Waals surface area contributed by atoms with Gasteiger partial charge in [-0.1, -0.05) is 25.8 Å². The van der Waals surface area contributed by atoms with Crippen LogP contribution in [0.3, 0.4) is 0 Å². The third-order valence-electron chi connectivity index (χ3n) is 4.00. The van der Waals surface area contributed by atoms with Crippen LogP contribution in [0.5, 0.6) is 5.75 Å². The Morgan fingerprint density at radius 3 is 2.93 bits per heavy atom. The monoisotopic (exact) mass is 388 g/mol. The predicted octanol–water partition coefficient (Wildman–Crippen LogP) is 3.09. The number of ether oxygens (including phenoxy) is 1. The van der Waals surface area contributed by atoms with Gasteiger partial charge in [-0.3, -0.25) is 9.79 Å². The van der Waals surface area contributed by atoms with Gasteiger partial charge < -0.3 is 14.5 Å². The maximum Gasteiger partial charge on any atom is 0.339 e. The molecule has 0 saturated carbocycles. The van der Waals surface area contributed by atoms with Crippen molar-refractivity contribution in [2.24, 2.45) is 4.99 Å². The third kappa shape index (κ3) is 5.27. The number of hydrogen-bond acceptors (Lipinski definition) is 6. The molecule has 1 aliphatic rings. The van der Waals surface area contributed by atoms with E-state index in [1.54, 1.807) is 13.0 Å². The topological polar surface area (TPSA) is 80.9 Å². The van der Waals surface area contributed by atoms with Gasteiger partial charge in [0.25, 0.3) is 0 Å². The first-order valence-electron chi connectivity index (χ1n) is 8.70. The highest BCUT2D eigenvalue weighted by molar-refractivity contribution is 8.14. The molecule has 6 nitrogen and oxygen atoms in total. The van der Waals surface area contributed by atoms with Gasteiger partial charge in [-0.05, 0) is 25.8 Å². The van der Waals surface area contributed by atoms with Crippen molar-refractivity contribution in [3.63, 3.8) is 0 Å². The molecule has 1 unspecified atom stereocenters. The number of carbonyl (C=O) groups is 1. The number of amides is 1. The summed E-state index contributed by atoms with van der Waals surface area (Å²) in [4.78, 5) is 29.3. The Kier molecular flexibility index (Phi) is 6.92. The molecule has 1 aromatic heterocycles. The summed E-state index contributed by atoms with van der Waals surface area (Å²) in [6.07, 6.45) is 6.58. The highest BCUT2D eigenvalue weighted by Gasteiger charge is 2.39. The molecular formula is C20H24N2O4S. The molecule has 2 atom stereocenters. The molecule has 0 spiro atoms. The zero-order chi connectivity index (χ0) is 20.0. The average molecular weight is 388 g/mol. The Balaban J connectivity index is 2.24. The quantitative estimate of drug-likeness (QED) is 0.692. The lowest BCUT2D eigenvalue weighted by Gasteiger charge is -2.24. The van der Waals surface area contributed by atoms with Crippen molar-refractivity contribution in [2.45, 2.75) is 45.2 Å². The minimum absolute atomic E-state index is 0.0430. The van der Waals surface area contributed by atoms with Gasteiger partial charge in [0.2, 0.25) is 5.91 Å². The first-order chi connectivity index (χ1) is 12.8. The lowest BCUT2D eigenvalue weighted by molar-refractivity contribution is -0.125. The summed E-state index contributed by atoms with van der Waals surface area (Å²) in [7, 11) is 0. The fourth-order valence-electron chi connectivity index (χ4n) is 2.57. The number of terminal acetylenes is 1. The van der Waals surface area contributed by atoms with Crippen molar-refractivity contribution in [1.29, 1.82) is 0 Å².